The average Bonchev–Trinajstić information content (AvgIpc) is 1.93. The van der Waals surface area contributed by atoms with Crippen LogP contribution in [0.25, 0.3) is 0 Å². The molecular formula is C10H18N2O. The summed E-state index contributed by atoms with van der Waals surface area (Å²) in [5.41, 5.74) is -0.0733. The standard InChI is InChI=1S/C10H18N2O/c1-9(2,3)12-6-10(5-11,7-12)8-13-4/h6-8H2,1-4H3. The molecule has 0 aliphatic carbocycles. The van der Waals surface area contributed by atoms with Gasteiger partial charge in [0.1, 0.15) is 5.41 Å². The van der Waals surface area contributed by atoms with E-state index in [0.717, 1.165) is 13.1 Å². The number of hydrogen-bond donors (Lipinski definition) is 0. The molecule has 1 aliphatic heterocycles. The molecule has 0 radical (unpaired) electrons. The summed E-state index contributed by atoms with van der Waals surface area (Å²) < 4.78 is 5.05. The Labute approximate surface area is 80.3 Å². The summed E-state index contributed by atoms with van der Waals surface area (Å²) in [5.74, 6) is 0. The molecule has 0 unspecified atom stereocenters. The van der Waals surface area contributed by atoms with Gasteiger partial charge in [-0.05, 0) is 20.8 Å². The molecular weight excluding hydrogens is 164 g/mol. The van der Waals surface area contributed by atoms with Gasteiger partial charge in [-0.15, -0.1) is 0 Å². The number of nitriles is 1. The van der Waals surface area contributed by atoms with E-state index in [-0.39, 0.29) is 11.0 Å². The predicted octanol–water partition coefficient (Wildman–Crippen LogP) is 1.26. The van der Waals surface area contributed by atoms with E-state index in [0.29, 0.717) is 6.61 Å². The highest BCUT2D eigenvalue weighted by atomic mass is 16.5. The van der Waals surface area contributed by atoms with Gasteiger partial charge in [0.15, 0.2) is 0 Å². The van der Waals surface area contributed by atoms with Crippen molar-refractivity contribution < 1.29 is 4.74 Å². The van der Waals surface area contributed by atoms with Crippen LogP contribution in [0.15, 0.2) is 0 Å². The van der Waals surface area contributed by atoms with E-state index in [1.165, 1.54) is 0 Å². The molecule has 1 rings (SSSR count). The zero-order valence-corrected chi connectivity index (χ0v) is 8.92. The first kappa shape index (κ1) is 10.5. The molecule has 1 fully saturated rings. The molecule has 13 heavy (non-hydrogen) atoms. The highest BCUT2D eigenvalue weighted by Crippen LogP contribution is 2.34. The van der Waals surface area contributed by atoms with Crippen LogP contribution in [0.5, 0.6) is 0 Å². The van der Waals surface area contributed by atoms with Crippen molar-refractivity contribution >= 4 is 0 Å². The Balaban J connectivity index is 2.51. The first-order chi connectivity index (χ1) is 5.93. The summed E-state index contributed by atoms with van der Waals surface area (Å²) >= 11 is 0. The number of likely N-dealkylation sites (tertiary alicyclic amines) is 1. The number of methoxy groups -OCH3 is 1. The van der Waals surface area contributed by atoms with Crippen molar-refractivity contribution in [3.8, 4) is 6.07 Å². The minimum atomic E-state index is -0.248. The van der Waals surface area contributed by atoms with Crippen LogP contribution >= 0.6 is 0 Å². The van der Waals surface area contributed by atoms with Crippen molar-refractivity contribution in [2.45, 2.75) is 26.3 Å². The smallest absolute Gasteiger partial charge is 0.106 e. The fourth-order valence-corrected chi connectivity index (χ4v) is 1.63. The Bertz CT molecular complexity index is 218. The lowest BCUT2D eigenvalue weighted by Crippen LogP contribution is -2.63. The molecule has 0 bridgehead atoms. The van der Waals surface area contributed by atoms with Crippen molar-refractivity contribution in [3.63, 3.8) is 0 Å². The van der Waals surface area contributed by atoms with Gasteiger partial charge in [-0.2, -0.15) is 5.26 Å². The van der Waals surface area contributed by atoms with Gasteiger partial charge in [0.2, 0.25) is 0 Å². The third kappa shape index (κ3) is 2.01. The van der Waals surface area contributed by atoms with Crippen LogP contribution in [0.1, 0.15) is 20.8 Å². The third-order valence-corrected chi connectivity index (χ3v) is 2.59. The molecule has 3 nitrogen and oxygen atoms in total. The number of nitrogens with zero attached hydrogens (tertiary/aromatic N) is 2. The number of ether oxygens (including phenoxy) is 1. The summed E-state index contributed by atoms with van der Waals surface area (Å²) in [4.78, 5) is 2.30. The van der Waals surface area contributed by atoms with Gasteiger partial charge in [-0.1, -0.05) is 0 Å². The molecule has 0 saturated carbocycles. The van der Waals surface area contributed by atoms with Gasteiger partial charge in [0.05, 0.1) is 12.7 Å². The molecule has 0 atom stereocenters. The second kappa shape index (κ2) is 3.28. The van der Waals surface area contributed by atoms with Gasteiger partial charge in [0, 0.05) is 25.7 Å². The van der Waals surface area contributed by atoms with Gasteiger partial charge in [0.25, 0.3) is 0 Å². The molecule has 74 valence electrons. The summed E-state index contributed by atoms with van der Waals surface area (Å²) in [6.07, 6.45) is 0. The van der Waals surface area contributed by atoms with E-state index in [9.17, 15) is 0 Å². The van der Waals surface area contributed by atoms with Crippen LogP contribution in [-0.2, 0) is 4.74 Å². The summed E-state index contributed by atoms with van der Waals surface area (Å²) in [7, 11) is 1.65. The maximum absolute atomic E-state index is 8.99. The molecule has 0 amide bonds. The van der Waals surface area contributed by atoms with E-state index in [1.807, 2.05) is 0 Å². The zero-order valence-electron chi connectivity index (χ0n) is 8.92. The minimum absolute atomic E-state index is 0.175. The highest BCUT2D eigenvalue weighted by molar-refractivity contribution is 5.11. The van der Waals surface area contributed by atoms with Crippen molar-refractivity contribution in [1.29, 1.82) is 5.26 Å². The molecule has 0 aromatic carbocycles. The lowest BCUT2D eigenvalue weighted by molar-refractivity contribution is -0.0613. The minimum Gasteiger partial charge on any atom is -0.383 e. The van der Waals surface area contributed by atoms with Gasteiger partial charge < -0.3 is 4.74 Å². The van der Waals surface area contributed by atoms with Crippen LogP contribution in [-0.4, -0.2) is 37.2 Å². The van der Waals surface area contributed by atoms with Crippen LogP contribution < -0.4 is 0 Å². The van der Waals surface area contributed by atoms with E-state index >= 15 is 0 Å². The fraction of sp³-hybridized carbons (Fsp3) is 0.900. The molecule has 1 heterocycles. The van der Waals surface area contributed by atoms with Gasteiger partial charge >= 0.3 is 0 Å². The second-order valence-corrected chi connectivity index (χ2v) is 4.85. The lowest BCUT2D eigenvalue weighted by Gasteiger charge is -2.51. The Morgan fingerprint density at radius 2 is 2.00 bits per heavy atom. The van der Waals surface area contributed by atoms with Crippen molar-refractivity contribution in [1.82, 2.24) is 4.90 Å². The van der Waals surface area contributed by atoms with E-state index in [4.69, 9.17) is 10.00 Å². The van der Waals surface area contributed by atoms with Crippen LogP contribution in [0.3, 0.4) is 0 Å². The highest BCUT2D eigenvalue weighted by Gasteiger charge is 2.47. The third-order valence-electron chi connectivity index (χ3n) is 2.59. The molecule has 1 aliphatic rings. The Kier molecular flexibility index (Phi) is 2.65. The second-order valence-electron chi connectivity index (χ2n) is 4.85. The molecule has 3 heteroatoms. The lowest BCUT2D eigenvalue weighted by atomic mass is 9.79. The molecule has 0 N–H and O–H groups in total. The summed E-state index contributed by atoms with van der Waals surface area (Å²) in [6, 6.07) is 2.35. The molecule has 0 spiro atoms. The topological polar surface area (TPSA) is 36.3 Å². The van der Waals surface area contributed by atoms with Crippen LogP contribution in [0.4, 0.5) is 0 Å². The molecule has 0 aromatic heterocycles. The summed E-state index contributed by atoms with van der Waals surface area (Å²) in [5, 5.41) is 8.99. The largest absolute Gasteiger partial charge is 0.383 e. The Hall–Kier alpha value is -0.590. The number of hydrogen-bond acceptors (Lipinski definition) is 3. The van der Waals surface area contributed by atoms with Gasteiger partial charge in [-0.3, -0.25) is 4.90 Å². The van der Waals surface area contributed by atoms with Gasteiger partial charge in [-0.25, -0.2) is 0 Å². The Morgan fingerprint density at radius 3 is 2.31 bits per heavy atom. The fourth-order valence-electron chi connectivity index (χ4n) is 1.63. The first-order valence-corrected chi connectivity index (χ1v) is 4.59. The summed E-state index contributed by atoms with van der Waals surface area (Å²) in [6.45, 7) is 8.72. The average molecular weight is 182 g/mol. The first-order valence-electron chi connectivity index (χ1n) is 4.59. The van der Waals surface area contributed by atoms with Crippen molar-refractivity contribution in [2.24, 2.45) is 5.41 Å². The molecule has 1 saturated heterocycles. The zero-order chi connectivity index (χ0) is 10.1. The maximum atomic E-state index is 8.99. The maximum Gasteiger partial charge on any atom is 0.106 e. The SMILES string of the molecule is COCC1(C#N)CN(C(C)(C)C)C1. The van der Waals surface area contributed by atoms with Crippen LogP contribution in [0.2, 0.25) is 0 Å². The predicted molar refractivity (Wildman–Crippen MR) is 51.2 cm³/mol. The van der Waals surface area contributed by atoms with E-state index in [2.05, 4.69) is 31.7 Å². The van der Waals surface area contributed by atoms with E-state index < -0.39 is 0 Å². The van der Waals surface area contributed by atoms with E-state index in [1.54, 1.807) is 7.11 Å². The van der Waals surface area contributed by atoms with Crippen molar-refractivity contribution in [2.75, 3.05) is 26.8 Å². The van der Waals surface area contributed by atoms with Crippen molar-refractivity contribution in [3.05, 3.63) is 0 Å². The quantitative estimate of drug-likeness (QED) is 0.645. The number of rotatable bonds is 2. The monoisotopic (exact) mass is 182 g/mol. The Morgan fingerprint density at radius 1 is 1.46 bits per heavy atom. The van der Waals surface area contributed by atoms with Crippen LogP contribution in [0, 0.1) is 16.7 Å². The molecule has 0 aromatic rings. The normalized spacial score (nSPS) is 22.1.